The van der Waals surface area contributed by atoms with Crippen LogP contribution in [0.4, 0.5) is 4.39 Å². The number of morpholine rings is 1. The average molecular weight is 324 g/mol. The summed E-state index contributed by atoms with van der Waals surface area (Å²) < 4.78 is 18.9. The Morgan fingerprint density at radius 2 is 2.17 bits per heavy atom. The van der Waals surface area contributed by atoms with Crippen molar-refractivity contribution in [2.45, 2.75) is 31.9 Å². The second kappa shape index (κ2) is 8.96. The summed E-state index contributed by atoms with van der Waals surface area (Å²) in [6, 6.07) is 5.62. The molecule has 0 aliphatic carbocycles. The molecule has 0 aromatic heterocycles. The van der Waals surface area contributed by atoms with E-state index in [1.165, 1.54) is 12.1 Å². The van der Waals surface area contributed by atoms with Gasteiger partial charge >= 0.3 is 0 Å². The van der Waals surface area contributed by atoms with Gasteiger partial charge in [-0.15, -0.1) is 0 Å². The van der Waals surface area contributed by atoms with Crippen LogP contribution in [-0.4, -0.2) is 54.9 Å². The normalized spacial score (nSPS) is 18.4. The van der Waals surface area contributed by atoms with Gasteiger partial charge in [0, 0.05) is 19.6 Å². The van der Waals surface area contributed by atoms with Crippen LogP contribution in [0.25, 0.3) is 0 Å². The topological polar surface area (TPSA) is 61.8 Å². The van der Waals surface area contributed by atoms with Gasteiger partial charge in [0.1, 0.15) is 11.9 Å². The van der Waals surface area contributed by atoms with Gasteiger partial charge in [-0.3, -0.25) is 9.69 Å². The quantitative estimate of drug-likeness (QED) is 0.797. The van der Waals surface area contributed by atoms with Gasteiger partial charge in [0.25, 0.3) is 0 Å². The molecule has 1 amide bonds. The maximum absolute atomic E-state index is 13.6. The lowest BCUT2D eigenvalue weighted by atomic mass is 10.0. The number of aliphatic hydroxyl groups excluding tert-OH is 1. The van der Waals surface area contributed by atoms with Crippen LogP contribution >= 0.6 is 0 Å². The number of ether oxygens (including phenoxy) is 1. The first-order valence-corrected chi connectivity index (χ1v) is 8.15. The van der Waals surface area contributed by atoms with E-state index in [1.807, 2.05) is 11.8 Å². The Labute approximate surface area is 136 Å². The van der Waals surface area contributed by atoms with E-state index in [2.05, 4.69) is 5.32 Å². The van der Waals surface area contributed by atoms with Crippen LogP contribution in [0.3, 0.4) is 0 Å². The zero-order valence-electron chi connectivity index (χ0n) is 13.5. The fraction of sp³-hybridized carbons (Fsp3) is 0.588. The molecule has 6 heteroatoms. The molecule has 0 radical (unpaired) electrons. The average Bonchev–Trinajstić information content (AvgIpc) is 2.56. The Balaban J connectivity index is 2.07. The molecule has 0 spiro atoms. The van der Waals surface area contributed by atoms with Crippen LogP contribution in [0.2, 0.25) is 0 Å². The number of nitrogens with zero attached hydrogens (tertiary/aromatic N) is 1. The summed E-state index contributed by atoms with van der Waals surface area (Å²) in [5, 5.41) is 12.4. The Bertz CT molecular complexity index is 506. The molecular formula is C17H25FN2O3. The zero-order chi connectivity index (χ0) is 16.7. The maximum atomic E-state index is 13.6. The van der Waals surface area contributed by atoms with Crippen molar-refractivity contribution in [1.82, 2.24) is 10.2 Å². The van der Waals surface area contributed by atoms with E-state index in [-0.39, 0.29) is 11.7 Å². The molecule has 2 unspecified atom stereocenters. The Morgan fingerprint density at radius 1 is 1.43 bits per heavy atom. The van der Waals surface area contributed by atoms with Crippen molar-refractivity contribution >= 4 is 5.91 Å². The predicted molar refractivity (Wildman–Crippen MR) is 85.5 cm³/mol. The van der Waals surface area contributed by atoms with E-state index in [0.29, 0.717) is 51.3 Å². The number of hydrogen-bond acceptors (Lipinski definition) is 4. The molecule has 1 aromatic carbocycles. The van der Waals surface area contributed by atoms with Crippen LogP contribution in [0.15, 0.2) is 24.3 Å². The van der Waals surface area contributed by atoms with E-state index < -0.39 is 12.1 Å². The number of amides is 1. The third-order valence-electron chi connectivity index (χ3n) is 4.07. The molecule has 2 N–H and O–H groups in total. The maximum Gasteiger partial charge on any atom is 0.241 e. The fourth-order valence-corrected chi connectivity index (χ4v) is 2.70. The largest absolute Gasteiger partial charge is 0.393 e. The molecule has 1 aliphatic heterocycles. The highest BCUT2D eigenvalue weighted by molar-refractivity contribution is 5.83. The Kier molecular flexibility index (Phi) is 6.95. The number of nitrogens with one attached hydrogen (secondary N) is 1. The van der Waals surface area contributed by atoms with Crippen LogP contribution in [0, 0.1) is 5.82 Å². The van der Waals surface area contributed by atoms with Crippen LogP contribution in [0.1, 0.15) is 31.4 Å². The van der Waals surface area contributed by atoms with Crippen molar-refractivity contribution in [2.24, 2.45) is 0 Å². The number of benzene rings is 1. The van der Waals surface area contributed by atoms with Gasteiger partial charge in [0.05, 0.1) is 19.3 Å². The minimum absolute atomic E-state index is 0.166. The first kappa shape index (κ1) is 17.8. The van der Waals surface area contributed by atoms with Gasteiger partial charge in [0.2, 0.25) is 5.91 Å². The smallest absolute Gasteiger partial charge is 0.241 e. The second-order valence-electron chi connectivity index (χ2n) is 5.75. The lowest BCUT2D eigenvalue weighted by Crippen LogP contribution is -2.46. The van der Waals surface area contributed by atoms with E-state index >= 15 is 0 Å². The van der Waals surface area contributed by atoms with Crippen molar-refractivity contribution in [3.05, 3.63) is 35.6 Å². The highest BCUT2D eigenvalue weighted by Crippen LogP contribution is 2.23. The zero-order valence-corrected chi connectivity index (χ0v) is 13.5. The van der Waals surface area contributed by atoms with Crippen molar-refractivity contribution in [3.8, 4) is 0 Å². The highest BCUT2D eigenvalue weighted by atomic mass is 19.1. The minimum Gasteiger partial charge on any atom is -0.393 e. The van der Waals surface area contributed by atoms with Gasteiger partial charge in [0.15, 0.2) is 0 Å². The minimum atomic E-state index is -0.534. The molecule has 2 rings (SSSR count). The van der Waals surface area contributed by atoms with E-state index in [4.69, 9.17) is 4.74 Å². The van der Waals surface area contributed by atoms with Gasteiger partial charge in [-0.05, 0) is 30.5 Å². The van der Waals surface area contributed by atoms with Gasteiger partial charge < -0.3 is 15.2 Å². The fourth-order valence-electron chi connectivity index (χ4n) is 2.70. The molecule has 1 saturated heterocycles. The molecule has 5 nitrogen and oxygen atoms in total. The highest BCUT2D eigenvalue weighted by Gasteiger charge is 2.29. The Morgan fingerprint density at radius 3 is 2.83 bits per heavy atom. The first-order chi connectivity index (χ1) is 11.1. The number of carbonyl (C=O) groups excluding carboxylic acids is 1. The number of hydrogen-bond donors (Lipinski definition) is 2. The molecular weight excluding hydrogens is 299 g/mol. The van der Waals surface area contributed by atoms with Crippen molar-refractivity contribution in [1.29, 1.82) is 0 Å². The van der Waals surface area contributed by atoms with Gasteiger partial charge in [-0.25, -0.2) is 4.39 Å². The monoisotopic (exact) mass is 324 g/mol. The SMILES string of the molecule is CCC(O)CCNC(=O)C(c1cccc(F)c1)N1CCOCC1. The summed E-state index contributed by atoms with van der Waals surface area (Å²) >= 11 is 0. The molecule has 128 valence electrons. The van der Waals surface area contributed by atoms with Crippen LogP contribution in [0.5, 0.6) is 0 Å². The molecule has 0 bridgehead atoms. The molecule has 2 atom stereocenters. The second-order valence-corrected chi connectivity index (χ2v) is 5.75. The summed E-state index contributed by atoms with van der Waals surface area (Å²) in [6.07, 6.45) is 0.764. The molecule has 1 heterocycles. The lowest BCUT2D eigenvalue weighted by molar-refractivity contribution is -0.128. The third-order valence-corrected chi connectivity index (χ3v) is 4.07. The van der Waals surface area contributed by atoms with Crippen molar-refractivity contribution < 1.29 is 19.0 Å². The molecule has 0 saturated carbocycles. The van der Waals surface area contributed by atoms with Crippen LogP contribution in [-0.2, 0) is 9.53 Å². The number of halogens is 1. The molecule has 23 heavy (non-hydrogen) atoms. The lowest BCUT2D eigenvalue weighted by Gasteiger charge is -2.33. The van der Waals surface area contributed by atoms with Crippen molar-refractivity contribution in [2.75, 3.05) is 32.8 Å². The van der Waals surface area contributed by atoms with Crippen molar-refractivity contribution in [3.63, 3.8) is 0 Å². The molecule has 1 aliphatic rings. The summed E-state index contributed by atoms with van der Waals surface area (Å²) in [5.41, 5.74) is 0.639. The number of aliphatic hydroxyl groups is 1. The predicted octanol–water partition coefficient (Wildman–Crippen LogP) is 1.48. The molecule has 1 aromatic rings. The van der Waals surface area contributed by atoms with Gasteiger partial charge in [-0.2, -0.15) is 0 Å². The van der Waals surface area contributed by atoms with E-state index in [1.54, 1.807) is 12.1 Å². The molecule has 1 fully saturated rings. The van der Waals surface area contributed by atoms with E-state index in [0.717, 1.165) is 0 Å². The van der Waals surface area contributed by atoms with E-state index in [9.17, 15) is 14.3 Å². The summed E-state index contributed by atoms with van der Waals surface area (Å²) in [5.74, 6) is -0.518. The standard InChI is InChI=1S/C17H25FN2O3/c1-2-15(21)6-7-19-17(22)16(20-8-10-23-11-9-20)13-4-3-5-14(18)12-13/h3-5,12,15-16,21H,2,6-11H2,1H3,(H,19,22). The summed E-state index contributed by atoms with van der Waals surface area (Å²) in [6.45, 7) is 4.69. The van der Waals surface area contributed by atoms with Gasteiger partial charge in [-0.1, -0.05) is 19.1 Å². The summed E-state index contributed by atoms with van der Waals surface area (Å²) in [7, 11) is 0. The number of rotatable bonds is 7. The summed E-state index contributed by atoms with van der Waals surface area (Å²) in [4.78, 5) is 14.6. The Hall–Kier alpha value is -1.50. The number of carbonyl (C=O) groups is 1. The first-order valence-electron chi connectivity index (χ1n) is 8.15. The van der Waals surface area contributed by atoms with Crippen LogP contribution < -0.4 is 5.32 Å². The third kappa shape index (κ3) is 5.27.